The molecule has 9 nitrogen and oxygen atoms in total. The van der Waals surface area contributed by atoms with E-state index in [1.807, 2.05) is 36.7 Å². The standard InChI is InChI=1S/C29H36N6O3/c1-29(2,3)38-28(37)32-20-27(36)33(4)21-22-7-5-8-23(17-22)24-10-11-26(31-18-24)35-15-13-34(14-16-35)25-9-6-12-30-19-25/h5-12,17-19H,13-16,20-21H2,1-4H3,(H,32,37). The van der Waals surface area contributed by atoms with Crippen LogP contribution in [-0.2, 0) is 16.1 Å². The second kappa shape index (κ2) is 11.9. The van der Waals surface area contributed by atoms with E-state index >= 15 is 0 Å². The molecule has 38 heavy (non-hydrogen) atoms. The maximum Gasteiger partial charge on any atom is 0.408 e. The number of pyridine rings is 2. The summed E-state index contributed by atoms with van der Waals surface area (Å²) in [5.41, 5.74) is 3.59. The van der Waals surface area contributed by atoms with Gasteiger partial charge in [-0.1, -0.05) is 18.2 Å². The quantitative estimate of drug-likeness (QED) is 0.508. The lowest BCUT2D eigenvalue weighted by Crippen LogP contribution is -2.46. The zero-order chi connectivity index (χ0) is 27.1. The molecule has 4 rings (SSSR count). The van der Waals surface area contributed by atoms with Crippen LogP contribution in [0.2, 0.25) is 0 Å². The third kappa shape index (κ3) is 7.44. The Morgan fingerprint density at radius 2 is 1.74 bits per heavy atom. The minimum atomic E-state index is -0.609. The number of alkyl carbamates (subject to hydrolysis) is 1. The summed E-state index contributed by atoms with van der Waals surface area (Å²) < 4.78 is 5.19. The number of hydrogen-bond acceptors (Lipinski definition) is 7. The molecule has 1 fully saturated rings. The minimum absolute atomic E-state index is 0.118. The third-order valence-electron chi connectivity index (χ3n) is 6.25. The molecule has 1 saturated heterocycles. The van der Waals surface area contributed by atoms with Gasteiger partial charge in [0.15, 0.2) is 0 Å². The number of anilines is 2. The maximum absolute atomic E-state index is 12.5. The fourth-order valence-corrected chi connectivity index (χ4v) is 4.29. The average molecular weight is 517 g/mol. The molecule has 0 atom stereocenters. The monoisotopic (exact) mass is 516 g/mol. The summed E-state index contributed by atoms with van der Waals surface area (Å²) in [6.45, 7) is 9.31. The van der Waals surface area contributed by atoms with Crippen LogP contribution in [0.25, 0.3) is 11.1 Å². The fraction of sp³-hybridized carbons (Fsp3) is 0.379. The van der Waals surface area contributed by atoms with Crippen molar-refractivity contribution in [1.29, 1.82) is 0 Å². The van der Waals surface area contributed by atoms with Crippen molar-refractivity contribution in [2.24, 2.45) is 0 Å². The Labute approximate surface area is 224 Å². The summed E-state index contributed by atoms with van der Waals surface area (Å²) in [5, 5.41) is 2.52. The van der Waals surface area contributed by atoms with Gasteiger partial charge in [0.25, 0.3) is 0 Å². The highest BCUT2D eigenvalue weighted by Crippen LogP contribution is 2.24. The van der Waals surface area contributed by atoms with Gasteiger partial charge in [-0.2, -0.15) is 0 Å². The van der Waals surface area contributed by atoms with Crippen molar-refractivity contribution >= 4 is 23.5 Å². The van der Waals surface area contributed by atoms with E-state index in [1.54, 1.807) is 38.9 Å². The molecule has 3 aromatic rings. The van der Waals surface area contributed by atoms with Gasteiger partial charge in [0.05, 0.1) is 11.9 Å². The summed E-state index contributed by atoms with van der Waals surface area (Å²) in [4.78, 5) is 39.5. The van der Waals surface area contributed by atoms with Crippen LogP contribution in [0.5, 0.6) is 0 Å². The first-order valence-corrected chi connectivity index (χ1v) is 12.8. The highest BCUT2D eigenvalue weighted by Gasteiger charge is 2.19. The van der Waals surface area contributed by atoms with E-state index in [0.29, 0.717) is 6.54 Å². The largest absolute Gasteiger partial charge is 0.444 e. The van der Waals surface area contributed by atoms with E-state index in [4.69, 9.17) is 9.72 Å². The Morgan fingerprint density at radius 1 is 0.974 bits per heavy atom. The molecule has 1 aromatic carbocycles. The molecule has 0 aliphatic carbocycles. The normalized spacial score (nSPS) is 13.7. The number of carbonyl (C=O) groups excluding carboxylic acids is 2. The predicted octanol–water partition coefficient (Wildman–Crippen LogP) is 3.95. The van der Waals surface area contributed by atoms with Gasteiger partial charge in [0.2, 0.25) is 5.91 Å². The molecule has 9 heteroatoms. The number of benzene rings is 1. The number of nitrogens with one attached hydrogen (secondary N) is 1. The van der Waals surface area contributed by atoms with Crippen LogP contribution >= 0.6 is 0 Å². The van der Waals surface area contributed by atoms with E-state index in [1.165, 1.54) is 0 Å². The van der Waals surface area contributed by atoms with Crippen molar-refractivity contribution in [2.75, 3.05) is 49.6 Å². The molecular formula is C29H36N6O3. The van der Waals surface area contributed by atoms with Crippen molar-refractivity contribution < 1.29 is 14.3 Å². The lowest BCUT2D eigenvalue weighted by molar-refractivity contribution is -0.129. The Morgan fingerprint density at radius 3 is 2.39 bits per heavy atom. The van der Waals surface area contributed by atoms with Gasteiger partial charge in [0.1, 0.15) is 18.0 Å². The van der Waals surface area contributed by atoms with Crippen LogP contribution in [0.3, 0.4) is 0 Å². The van der Waals surface area contributed by atoms with Gasteiger partial charge >= 0.3 is 6.09 Å². The van der Waals surface area contributed by atoms with E-state index < -0.39 is 11.7 Å². The van der Waals surface area contributed by atoms with Crippen molar-refractivity contribution in [3.8, 4) is 11.1 Å². The molecule has 200 valence electrons. The molecule has 0 unspecified atom stereocenters. The Kier molecular flexibility index (Phi) is 8.45. The maximum atomic E-state index is 12.5. The molecule has 2 amide bonds. The molecular weight excluding hydrogens is 480 g/mol. The van der Waals surface area contributed by atoms with Gasteiger partial charge in [0, 0.05) is 57.7 Å². The van der Waals surface area contributed by atoms with Crippen molar-refractivity contribution in [3.63, 3.8) is 0 Å². The van der Waals surface area contributed by atoms with E-state index in [9.17, 15) is 9.59 Å². The van der Waals surface area contributed by atoms with Crippen molar-refractivity contribution in [3.05, 3.63) is 72.7 Å². The second-order valence-corrected chi connectivity index (χ2v) is 10.4. The highest BCUT2D eigenvalue weighted by molar-refractivity contribution is 5.82. The summed E-state index contributed by atoms with van der Waals surface area (Å²) in [7, 11) is 1.72. The molecule has 2 aromatic heterocycles. The third-order valence-corrected chi connectivity index (χ3v) is 6.25. The smallest absolute Gasteiger partial charge is 0.408 e. The average Bonchev–Trinajstić information content (AvgIpc) is 2.91. The topological polar surface area (TPSA) is 90.9 Å². The molecule has 0 radical (unpaired) electrons. The van der Waals surface area contributed by atoms with Crippen LogP contribution in [0, 0.1) is 0 Å². The minimum Gasteiger partial charge on any atom is -0.444 e. The first-order chi connectivity index (χ1) is 18.2. The Bertz CT molecular complexity index is 1220. The first kappa shape index (κ1) is 26.9. The number of hydrogen-bond donors (Lipinski definition) is 1. The number of aromatic nitrogens is 2. The van der Waals surface area contributed by atoms with Crippen LogP contribution in [0.4, 0.5) is 16.3 Å². The molecule has 1 aliphatic heterocycles. The highest BCUT2D eigenvalue weighted by atomic mass is 16.6. The van der Waals surface area contributed by atoms with Crippen molar-refractivity contribution in [2.45, 2.75) is 32.9 Å². The molecule has 3 heterocycles. The van der Waals surface area contributed by atoms with Gasteiger partial charge in [-0.05, 0) is 62.2 Å². The first-order valence-electron chi connectivity index (χ1n) is 12.8. The fourth-order valence-electron chi connectivity index (χ4n) is 4.29. The van der Waals surface area contributed by atoms with Crippen LogP contribution in [0.15, 0.2) is 67.1 Å². The number of rotatable bonds is 7. The number of piperazine rings is 1. The van der Waals surface area contributed by atoms with Gasteiger partial charge in [-0.25, -0.2) is 9.78 Å². The molecule has 1 N–H and O–H groups in total. The molecule has 0 saturated carbocycles. The number of amides is 2. The predicted molar refractivity (Wildman–Crippen MR) is 149 cm³/mol. The van der Waals surface area contributed by atoms with Crippen LogP contribution in [0.1, 0.15) is 26.3 Å². The number of ether oxygens (including phenoxy) is 1. The summed E-state index contributed by atoms with van der Waals surface area (Å²) in [6, 6.07) is 16.3. The summed E-state index contributed by atoms with van der Waals surface area (Å²) >= 11 is 0. The molecule has 0 bridgehead atoms. The number of likely N-dealkylation sites (N-methyl/N-ethyl adjacent to an activating group) is 1. The Balaban J connectivity index is 1.31. The number of carbonyl (C=O) groups is 2. The second-order valence-electron chi connectivity index (χ2n) is 10.4. The Hall–Kier alpha value is -4.14. The van der Waals surface area contributed by atoms with Crippen LogP contribution < -0.4 is 15.1 Å². The molecule has 0 spiro atoms. The van der Waals surface area contributed by atoms with Gasteiger partial charge in [-0.3, -0.25) is 9.78 Å². The zero-order valence-electron chi connectivity index (χ0n) is 22.6. The summed E-state index contributed by atoms with van der Waals surface area (Å²) in [6.07, 6.45) is 5.01. The van der Waals surface area contributed by atoms with E-state index in [2.05, 4.69) is 44.4 Å². The van der Waals surface area contributed by atoms with Crippen molar-refractivity contribution in [1.82, 2.24) is 20.2 Å². The number of nitrogens with zero attached hydrogens (tertiary/aromatic N) is 5. The van der Waals surface area contributed by atoms with Crippen LogP contribution in [-0.4, -0.2) is 72.2 Å². The van der Waals surface area contributed by atoms with E-state index in [-0.39, 0.29) is 12.5 Å². The van der Waals surface area contributed by atoms with Gasteiger partial charge < -0.3 is 24.8 Å². The lowest BCUT2D eigenvalue weighted by Gasteiger charge is -2.36. The zero-order valence-corrected chi connectivity index (χ0v) is 22.6. The SMILES string of the molecule is CN(Cc1cccc(-c2ccc(N3CCN(c4cccnc4)CC3)nc2)c1)C(=O)CNC(=O)OC(C)(C)C. The molecule has 1 aliphatic rings. The lowest BCUT2D eigenvalue weighted by atomic mass is 10.0. The van der Waals surface area contributed by atoms with E-state index in [0.717, 1.165) is 54.4 Å². The summed E-state index contributed by atoms with van der Waals surface area (Å²) in [5.74, 6) is 0.773. The van der Waals surface area contributed by atoms with Gasteiger partial charge in [-0.15, -0.1) is 0 Å².